The molecule has 1 aromatic rings. The van der Waals surface area contributed by atoms with Gasteiger partial charge in [-0.1, -0.05) is 13.3 Å². The third-order valence-electron chi connectivity index (χ3n) is 2.13. The number of hydrogen-bond donors (Lipinski definition) is 2. The molecule has 1 heterocycles. The predicted molar refractivity (Wildman–Crippen MR) is 54.7 cm³/mol. The van der Waals surface area contributed by atoms with Gasteiger partial charge in [-0.05, 0) is 30.5 Å². The molecule has 0 bridgehead atoms. The normalized spacial score (nSPS) is 10.5. The van der Waals surface area contributed by atoms with Gasteiger partial charge < -0.3 is 10.2 Å². The quantitative estimate of drug-likeness (QED) is 0.747. The van der Waals surface area contributed by atoms with Crippen molar-refractivity contribution in [2.24, 2.45) is 0 Å². The van der Waals surface area contributed by atoms with Gasteiger partial charge in [-0.15, -0.1) is 0 Å². The van der Waals surface area contributed by atoms with Gasteiger partial charge in [-0.2, -0.15) is 0 Å². The number of unbranched alkanes of at least 4 members (excludes halogenated alkanes) is 1. The number of pyridine rings is 1. The van der Waals surface area contributed by atoms with Crippen LogP contribution in [0.4, 0.5) is 0 Å². The van der Waals surface area contributed by atoms with Crippen molar-refractivity contribution in [3.05, 3.63) is 29.1 Å². The van der Waals surface area contributed by atoms with Crippen molar-refractivity contribution < 1.29 is 10.2 Å². The molecule has 0 aliphatic rings. The van der Waals surface area contributed by atoms with Gasteiger partial charge in [0.25, 0.3) is 0 Å². The Kier molecular flexibility index (Phi) is 4.56. The fourth-order valence-electron chi connectivity index (χ4n) is 1.41. The standard InChI is InChI=1S/C11H17NO2/c1-2-3-4-9-5-10(7-13)12-11(6-9)8-14/h5-6,13-14H,2-4,7-8H2,1H3. The first kappa shape index (κ1) is 11.1. The van der Waals surface area contributed by atoms with Crippen molar-refractivity contribution in [3.8, 4) is 0 Å². The molecule has 0 spiro atoms. The SMILES string of the molecule is CCCCc1cc(CO)nc(CO)c1. The number of hydrogen-bond acceptors (Lipinski definition) is 3. The predicted octanol–water partition coefficient (Wildman–Crippen LogP) is 1.41. The van der Waals surface area contributed by atoms with Crippen LogP contribution < -0.4 is 0 Å². The lowest BCUT2D eigenvalue weighted by molar-refractivity contribution is 0.265. The van der Waals surface area contributed by atoms with E-state index in [2.05, 4.69) is 11.9 Å². The first-order valence-corrected chi connectivity index (χ1v) is 5.00. The molecule has 0 radical (unpaired) electrons. The Bertz CT molecular complexity index is 264. The summed E-state index contributed by atoms with van der Waals surface area (Å²) in [6, 6.07) is 3.80. The van der Waals surface area contributed by atoms with E-state index in [1.54, 1.807) is 0 Å². The van der Waals surface area contributed by atoms with Crippen molar-refractivity contribution in [1.82, 2.24) is 4.98 Å². The number of aryl methyl sites for hydroxylation is 1. The molecule has 3 nitrogen and oxygen atoms in total. The lowest BCUT2D eigenvalue weighted by Gasteiger charge is -2.05. The van der Waals surface area contributed by atoms with E-state index in [0.29, 0.717) is 11.4 Å². The smallest absolute Gasteiger partial charge is 0.0853 e. The average Bonchev–Trinajstić information content (AvgIpc) is 2.25. The van der Waals surface area contributed by atoms with Crippen molar-refractivity contribution in [3.63, 3.8) is 0 Å². The molecule has 14 heavy (non-hydrogen) atoms. The van der Waals surface area contributed by atoms with Crippen LogP contribution in [0.5, 0.6) is 0 Å². The molecule has 78 valence electrons. The van der Waals surface area contributed by atoms with Crippen LogP contribution in [-0.2, 0) is 19.6 Å². The third kappa shape index (κ3) is 3.09. The molecule has 1 rings (SSSR count). The molecule has 0 saturated heterocycles. The minimum Gasteiger partial charge on any atom is -0.390 e. The van der Waals surface area contributed by atoms with Crippen LogP contribution in [0.2, 0.25) is 0 Å². The summed E-state index contributed by atoms with van der Waals surface area (Å²) in [6.07, 6.45) is 3.25. The van der Waals surface area contributed by atoms with Gasteiger partial charge in [0.1, 0.15) is 0 Å². The van der Waals surface area contributed by atoms with Crippen LogP contribution in [0, 0.1) is 0 Å². The number of aliphatic hydroxyl groups excluding tert-OH is 2. The fourth-order valence-corrected chi connectivity index (χ4v) is 1.41. The van der Waals surface area contributed by atoms with E-state index in [1.165, 1.54) is 0 Å². The molecular formula is C11H17NO2. The van der Waals surface area contributed by atoms with Gasteiger partial charge in [-0.25, -0.2) is 0 Å². The summed E-state index contributed by atoms with van der Waals surface area (Å²) in [7, 11) is 0. The molecular weight excluding hydrogens is 178 g/mol. The Morgan fingerprint density at radius 3 is 2.14 bits per heavy atom. The monoisotopic (exact) mass is 195 g/mol. The van der Waals surface area contributed by atoms with Crippen LogP contribution in [0.3, 0.4) is 0 Å². The molecule has 2 N–H and O–H groups in total. The summed E-state index contributed by atoms with van der Waals surface area (Å²) in [5, 5.41) is 17.9. The van der Waals surface area contributed by atoms with E-state index in [4.69, 9.17) is 10.2 Å². The molecule has 0 fully saturated rings. The molecule has 0 atom stereocenters. The molecule has 0 aliphatic carbocycles. The highest BCUT2D eigenvalue weighted by atomic mass is 16.3. The maximum absolute atomic E-state index is 8.96. The van der Waals surface area contributed by atoms with E-state index in [9.17, 15) is 0 Å². The van der Waals surface area contributed by atoms with E-state index in [-0.39, 0.29) is 13.2 Å². The van der Waals surface area contributed by atoms with Crippen molar-refractivity contribution in [2.45, 2.75) is 39.4 Å². The van der Waals surface area contributed by atoms with Crippen LogP contribution >= 0.6 is 0 Å². The zero-order valence-electron chi connectivity index (χ0n) is 8.53. The molecule has 0 aromatic carbocycles. The molecule has 1 aromatic heterocycles. The molecule has 0 aliphatic heterocycles. The van der Waals surface area contributed by atoms with Crippen LogP contribution in [0.25, 0.3) is 0 Å². The second-order valence-corrected chi connectivity index (χ2v) is 3.38. The zero-order chi connectivity index (χ0) is 10.4. The third-order valence-corrected chi connectivity index (χ3v) is 2.13. The van der Waals surface area contributed by atoms with Crippen molar-refractivity contribution in [1.29, 1.82) is 0 Å². The van der Waals surface area contributed by atoms with E-state index >= 15 is 0 Å². The first-order chi connectivity index (χ1) is 6.80. The van der Waals surface area contributed by atoms with E-state index in [0.717, 1.165) is 24.8 Å². The molecule has 0 amide bonds. The number of nitrogens with zero attached hydrogens (tertiary/aromatic N) is 1. The molecule has 0 unspecified atom stereocenters. The van der Waals surface area contributed by atoms with Crippen LogP contribution in [0.1, 0.15) is 36.7 Å². The second kappa shape index (κ2) is 5.73. The lowest BCUT2D eigenvalue weighted by atomic mass is 10.1. The maximum Gasteiger partial charge on any atom is 0.0853 e. The summed E-state index contributed by atoms with van der Waals surface area (Å²) in [5.41, 5.74) is 2.43. The number of aromatic nitrogens is 1. The van der Waals surface area contributed by atoms with Gasteiger partial charge in [0.15, 0.2) is 0 Å². The largest absolute Gasteiger partial charge is 0.390 e. The second-order valence-electron chi connectivity index (χ2n) is 3.38. The van der Waals surface area contributed by atoms with Crippen LogP contribution in [0.15, 0.2) is 12.1 Å². The summed E-state index contributed by atoms with van der Waals surface area (Å²) < 4.78 is 0. The Morgan fingerprint density at radius 2 is 1.71 bits per heavy atom. The zero-order valence-corrected chi connectivity index (χ0v) is 8.53. The van der Waals surface area contributed by atoms with Gasteiger partial charge in [-0.3, -0.25) is 4.98 Å². The Hall–Kier alpha value is -0.930. The Labute approximate surface area is 84.4 Å². The molecule has 3 heteroatoms. The van der Waals surface area contributed by atoms with Gasteiger partial charge >= 0.3 is 0 Å². The fraction of sp³-hybridized carbons (Fsp3) is 0.545. The summed E-state index contributed by atoms with van der Waals surface area (Å²) in [6.45, 7) is 2.01. The topological polar surface area (TPSA) is 53.4 Å². The average molecular weight is 195 g/mol. The van der Waals surface area contributed by atoms with Crippen molar-refractivity contribution >= 4 is 0 Å². The van der Waals surface area contributed by atoms with Gasteiger partial charge in [0, 0.05) is 0 Å². The highest BCUT2D eigenvalue weighted by Gasteiger charge is 2.01. The highest BCUT2D eigenvalue weighted by molar-refractivity contribution is 5.21. The Balaban J connectivity index is 2.81. The Morgan fingerprint density at radius 1 is 1.14 bits per heavy atom. The van der Waals surface area contributed by atoms with E-state index < -0.39 is 0 Å². The van der Waals surface area contributed by atoms with Crippen molar-refractivity contribution in [2.75, 3.05) is 0 Å². The van der Waals surface area contributed by atoms with E-state index in [1.807, 2.05) is 12.1 Å². The number of rotatable bonds is 5. The number of aliphatic hydroxyl groups is 2. The van der Waals surface area contributed by atoms with Crippen LogP contribution in [-0.4, -0.2) is 15.2 Å². The van der Waals surface area contributed by atoms with Gasteiger partial charge in [0.05, 0.1) is 24.6 Å². The highest BCUT2D eigenvalue weighted by Crippen LogP contribution is 2.10. The summed E-state index contributed by atoms with van der Waals surface area (Å²) in [5.74, 6) is 0. The summed E-state index contributed by atoms with van der Waals surface area (Å²) in [4.78, 5) is 4.08. The minimum absolute atomic E-state index is 0.0625. The maximum atomic E-state index is 8.96. The molecule has 0 saturated carbocycles. The minimum atomic E-state index is -0.0625. The van der Waals surface area contributed by atoms with Gasteiger partial charge in [0.2, 0.25) is 0 Å². The lowest BCUT2D eigenvalue weighted by Crippen LogP contribution is -1.99. The first-order valence-electron chi connectivity index (χ1n) is 5.00. The summed E-state index contributed by atoms with van der Waals surface area (Å²) >= 11 is 0.